The van der Waals surface area contributed by atoms with Crippen LogP contribution in [0.15, 0.2) is 12.2 Å². The molecule has 0 bridgehead atoms. The molecule has 1 nitrogen and oxygen atoms in total. The third kappa shape index (κ3) is 2.57. The summed E-state index contributed by atoms with van der Waals surface area (Å²) in [6.45, 7) is 11.6. The standard InChI is InChI=1S/C12H22O/c1-5-13-12-8-6-7-11(9(2)3)10(12)4/h9,11-12H,4-8H2,1-3H3. The molecule has 1 rings (SSSR count). The van der Waals surface area contributed by atoms with Gasteiger partial charge < -0.3 is 4.74 Å². The van der Waals surface area contributed by atoms with Gasteiger partial charge in [0.25, 0.3) is 0 Å². The van der Waals surface area contributed by atoms with Crippen LogP contribution in [0.25, 0.3) is 0 Å². The van der Waals surface area contributed by atoms with E-state index in [1.54, 1.807) is 0 Å². The van der Waals surface area contributed by atoms with Crippen molar-refractivity contribution in [3.63, 3.8) is 0 Å². The van der Waals surface area contributed by atoms with Gasteiger partial charge in [-0.05, 0) is 43.6 Å². The highest BCUT2D eigenvalue weighted by molar-refractivity contribution is 5.11. The molecule has 0 heterocycles. The van der Waals surface area contributed by atoms with E-state index in [9.17, 15) is 0 Å². The highest BCUT2D eigenvalue weighted by Gasteiger charge is 2.27. The number of ether oxygens (including phenoxy) is 1. The molecule has 0 saturated heterocycles. The molecule has 13 heavy (non-hydrogen) atoms. The molecule has 1 fully saturated rings. The Morgan fingerprint density at radius 1 is 1.46 bits per heavy atom. The fourth-order valence-corrected chi connectivity index (χ4v) is 2.29. The van der Waals surface area contributed by atoms with Gasteiger partial charge in [0.2, 0.25) is 0 Å². The van der Waals surface area contributed by atoms with E-state index in [0.717, 1.165) is 12.5 Å². The Hall–Kier alpha value is -0.300. The minimum Gasteiger partial charge on any atom is -0.374 e. The molecule has 0 spiro atoms. The van der Waals surface area contributed by atoms with Gasteiger partial charge in [-0.1, -0.05) is 20.4 Å². The van der Waals surface area contributed by atoms with Crippen molar-refractivity contribution < 1.29 is 4.74 Å². The lowest BCUT2D eigenvalue weighted by molar-refractivity contribution is 0.0561. The van der Waals surface area contributed by atoms with Gasteiger partial charge in [0, 0.05) is 6.61 Å². The number of hydrogen-bond donors (Lipinski definition) is 0. The molecule has 0 aromatic rings. The lowest BCUT2D eigenvalue weighted by atomic mass is 9.77. The summed E-state index contributed by atoms with van der Waals surface area (Å²) in [6.07, 6.45) is 4.12. The summed E-state index contributed by atoms with van der Waals surface area (Å²) in [6, 6.07) is 0. The van der Waals surface area contributed by atoms with Crippen LogP contribution in [0.1, 0.15) is 40.0 Å². The second-order valence-electron chi connectivity index (χ2n) is 4.30. The van der Waals surface area contributed by atoms with Crippen molar-refractivity contribution in [2.45, 2.75) is 46.1 Å². The fourth-order valence-electron chi connectivity index (χ4n) is 2.29. The van der Waals surface area contributed by atoms with Crippen molar-refractivity contribution >= 4 is 0 Å². The van der Waals surface area contributed by atoms with Gasteiger partial charge in [0.05, 0.1) is 6.10 Å². The molecular weight excluding hydrogens is 160 g/mol. The summed E-state index contributed by atoms with van der Waals surface area (Å²) in [7, 11) is 0. The Balaban J connectivity index is 2.55. The highest BCUT2D eigenvalue weighted by atomic mass is 16.5. The van der Waals surface area contributed by atoms with E-state index in [1.807, 2.05) is 0 Å². The van der Waals surface area contributed by atoms with Crippen LogP contribution in [0.4, 0.5) is 0 Å². The van der Waals surface area contributed by atoms with E-state index in [0.29, 0.717) is 12.0 Å². The van der Waals surface area contributed by atoms with Crippen LogP contribution in [0.3, 0.4) is 0 Å². The molecule has 2 atom stereocenters. The molecule has 1 heteroatoms. The minimum atomic E-state index is 0.339. The van der Waals surface area contributed by atoms with Gasteiger partial charge in [-0.2, -0.15) is 0 Å². The second-order valence-corrected chi connectivity index (χ2v) is 4.30. The fraction of sp³-hybridized carbons (Fsp3) is 0.833. The second kappa shape index (κ2) is 4.80. The first-order valence-corrected chi connectivity index (χ1v) is 5.47. The molecule has 0 N–H and O–H groups in total. The molecule has 2 unspecified atom stereocenters. The lowest BCUT2D eigenvalue weighted by Crippen LogP contribution is -2.28. The Bertz CT molecular complexity index is 170. The van der Waals surface area contributed by atoms with Crippen LogP contribution in [0.2, 0.25) is 0 Å². The summed E-state index contributed by atoms with van der Waals surface area (Å²) in [4.78, 5) is 0. The Morgan fingerprint density at radius 3 is 2.69 bits per heavy atom. The van der Waals surface area contributed by atoms with Gasteiger partial charge >= 0.3 is 0 Å². The Kier molecular flexibility index (Phi) is 3.98. The number of hydrogen-bond acceptors (Lipinski definition) is 1. The van der Waals surface area contributed by atoms with Crippen LogP contribution < -0.4 is 0 Å². The van der Waals surface area contributed by atoms with Gasteiger partial charge in [-0.15, -0.1) is 0 Å². The van der Waals surface area contributed by atoms with Crippen molar-refractivity contribution in [2.24, 2.45) is 11.8 Å². The molecule has 0 aromatic carbocycles. The van der Waals surface area contributed by atoms with E-state index in [-0.39, 0.29) is 0 Å². The van der Waals surface area contributed by atoms with Crippen molar-refractivity contribution in [3.05, 3.63) is 12.2 Å². The Morgan fingerprint density at radius 2 is 2.15 bits per heavy atom. The molecular formula is C12H22O. The van der Waals surface area contributed by atoms with E-state index < -0.39 is 0 Å². The van der Waals surface area contributed by atoms with Crippen LogP contribution in [-0.2, 0) is 4.74 Å². The normalized spacial score (nSPS) is 29.7. The minimum absolute atomic E-state index is 0.339. The molecule has 0 amide bonds. The molecule has 1 saturated carbocycles. The predicted molar refractivity (Wildman–Crippen MR) is 56.7 cm³/mol. The summed E-state index contributed by atoms with van der Waals surface area (Å²) in [5, 5.41) is 0. The Labute approximate surface area is 82.2 Å². The molecule has 0 aromatic heterocycles. The zero-order chi connectivity index (χ0) is 9.84. The number of rotatable bonds is 3. The summed E-state index contributed by atoms with van der Waals surface area (Å²) < 4.78 is 5.68. The predicted octanol–water partition coefficient (Wildman–Crippen LogP) is 3.40. The quantitative estimate of drug-likeness (QED) is 0.608. The summed E-state index contributed by atoms with van der Waals surface area (Å²) in [5.41, 5.74) is 1.34. The topological polar surface area (TPSA) is 9.23 Å². The average molecular weight is 182 g/mol. The van der Waals surface area contributed by atoms with Crippen LogP contribution in [-0.4, -0.2) is 12.7 Å². The maximum absolute atomic E-state index is 5.68. The maximum atomic E-state index is 5.68. The summed E-state index contributed by atoms with van der Waals surface area (Å²) in [5.74, 6) is 1.40. The van der Waals surface area contributed by atoms with Crippen LogP contribution >= 0.6 is 0 Å². The van der Waals surface area contributed by atoms with Gasteiger partial charge in [-0.3, -0.25) is 0 Å². The SMILES string of the molecule is C=C1C(OCC)CCCC1C(C)C. The van der Waals surface area contributed by atoms with Crippen molar-refractivity contribution in [3.8, 4) is 0 Å². The lowest BCUT2D eigenvalue weighted by Gasteiger charge is -2.34. The van der Waals surface area contributed by atoms with Crippen molar-refractivity contribution in [2.75, 3.05) is 6.61 Å². The van der Waals surface area contributed by atoms with Crippen molar-refractivity contribution in [1.29, 1.82) is 0 Å². The first-order valence-electron chi connectivity index (χ1n) is 5.47. The van der Waals surface area contributed by atoms with E-state index in [4.69, 9.17) is 4.74 Å². The van der Waals surface area contributed by atoms with E-state index in [2.05, 4.69) is 27.4 Å². The van der Waals surface area contributed by atoms with Gasteiger partial charge in [0.1, 0.15) is 0 Å². The van der Waals surface area contributed by atoms with Gasteiger partial charge in [-0.25, -0.2) is 0 Å². The van der Waals surface area contributed by atoms with E-state index >= 15 is 0 Å². The highest BCUT2D eigenvalue weighted by Crippen LogP contribution is 2.35. The molecule has 0 radical (unpaired) electrons. The third-order valence-electron chi connectivity index (χ3n) is 3.04. The third-order valence-corrected chi connectivity index (χ3v) is 3.04. The molecule has 76 valence electrons. The van der Waals surface area contributed by atoms with E-state index in [1.165, 1.54) is 24.8 Å². The zero-order valence-corrected chi connectivity index (χ0v) is 9.18. The first kappa shape index (κ1) is 10.8. The van der Waals surface area contributed by atoms with Crippen molar-refractivity contribution in [1.82, 2.24) is 0 Å². The molecule has 1 aliphatic rings. The maximum Gasteiger partial charge on any atom is 0.0785 e. The van der Waals surface area contributed by atoms with Crippen LogP contribution in [0, 0.1) is 11.8 Å². The zero-order valence-electron chi connectivity index (χ0n) is 9.18. The monoisotopic (exact) mass is 182 g/mol. The average Bonchev–Trinajstić information content (AvgIpc) is 2.08. The molecule has 0 aliphatic heterocycles. The van der Waals surface area contributed by atoms with Crippen LogP contribution in [0.5, 0.6) is 0 Å². The smallest absolute Gasteiger partial charge is 0.0785 e. The largest absolute Gasteiger partial charge is 0.374 e. The summed E-state index contributed by atoms with van der Waals surface area (Å²) >= 11 is 0. The van der Waals surface area contributed by atoms with Gasteiger partial charge in [0.15, 0.2) is 0 Å². The first-order chi connectivity index (χ1) is 6.16. The molecule has 1 aliphatic carbocycles.